The Hall–Kier alpha value is -1.81. The number of aromatic nitrogens is 1. The number of aryl methyl sites for hydroxylation is 1. The van der Waals surface area contributed by atoms with Gasteiger partial charge in [-0.3, -0.25) is 4.98 Å². The van der Waals surface area contributed by atoms with Gasteiger partial charge in [0.25, 0.3) is 0 Å². The Kier molecular flexibility index (Phi) is 5.18. The maximum absolute atomic E-state index is 5.77. The molecule has 20 heavy (non-hydrogen) atoms. The molecule has 0 aliphatic rings. The average molecular weight is 274 g/mol. The third kappa shape index (κ3) is 4.10. The molecule has 0 saturated carbocycles. The summed E-state index contributed by atoms with van der Waals surface area (Å²) in [6.07, 6.45) is 3.47. The Morgan fingerprint density at radius 1 is 1.35 bits per heavy atom. The molecule has 4 nitrogen and oxygen atoms in total. The molecule has 0 fully saturated rings. The number of pyridine rings is 1. The van der Waals surface area contributed by atoms with E-state index in [9.17, 15) is 0 Å². The minimum Gasteiger partial charge on any atom is -0.484 e. The molecule has 1 N–H and O–H groups in total. The molecule has 2 rings (SSSR count). The molecule has 0 spiro atoms. The van der Waals surface area contributed by atoms with Crippen molar-refractivity contribution in [3.8, 4) is 5.75 Å². The molecular weight excluding hydrogens is 252 g/mol. The van der Waals surface area contributed by atoms with Gasteiger partial charge in [0.05, 0.1) is 12.0 Å². The first-order chi connectivity index (χ1) is 9.66. The molecule has 0 amide bonds. The second-order valence-electron chi connectivity index (χ2n) is 5.27. The van der Waals surface area contributed by atoms with Crippen molar-refractivity contribution >= 4 is 0 Å². The molecule has 0 saturated heterocycles. The highest BCUT2D eigenvalue weighted by Gasteiger charge is 2.08. The summed E-state index contributed by atoms with van der Waals surface area (Å²) in [5.74, 6) is 2.30. The smallest absolute Gasteiger partial charge is 0.146 e. The van der Waals surface area contributed by atoms with Crippen LogP contribution >= 0.6 is 0 Å². The fourth-order valence-electron chi connectivity index (χ4n) is 1.91. The first-order valence-corrected chi connectivity index (χ1v) is 6.97. The van der Waals surface area contributed by atoms with Gasteiger partial charge in [-0.25, -0.2) is 0 Å². The van der Waals surface area contributed by atoms with E-state index in [1.165, 1.54) is 0 Å². The number of nitrogens with one attached hydrogen (secondary N) is 1. The van der Waals surface area contributed by atoms with Crippen molar-refractivity contribution < 1.29 is 9.15 Å². The summed E-state index contributed by atoms with van der Waals surface area (Å²) in [6.45, 7) is 8.54. The van der Waals surface area contributed by atoms with E-state index in [1.54, 1.807) is 12.5 Å². The standard InChI is InChI=1S/C16H22N2O2/c1-12(2)9-17-10-14-6-8-19-16(14)11-20-15-5-4-7-18-13(15)3/h4-8,12,17H,9-11H2,1-3H3. The van der Waals surface area contributed by atoms with Crippen LogP contribution in [-0.2, 0) is 13.2 Å². The first kappa shape index (κ1) is 14.6. The van der Waals surface area contributed by atoms with Gasteiger partial charge >= 0.3 is 0 Å². The van der Waals surface area contributed by atoms with E-state index in [1.807, 2.05) is 25.1 Å². The normalized spacial score (nSPS) is 11.0. The maximum Gasteiger partial charge on any atom is 0.146 e. The van der Waals surface area contributed by atoms with Gasteiger partial charge in [0.15, 0.2) is 0 Å². The van der Waals surface area contributed by atoms with Crippen LogP contribution in [0.4, 0.5) is 0 Å². The lowest BCUT2D eigenvalue weighted by Crippen LogP contribution is -2.19. The lowest BCUT2D eigenvalue weighted by molar-refractivity contribution is 0.265. The van der Waals surface area contributed by atoms with Gasteiger partial charge in [0.2, 0.25) is 0 Å². The van der Waals surface area contributed by atoms with Crippen LogP contribution in [0.3, 0.4) is 0 Å². The predicted molar refractivity (Wildman–Crippen MR) is 78.6 cm³/mol. The Morgan fingerprint density at radius 2 is 2.20 bits per heavy atom. The van der Waals surface area contributed by atoms with Gasteiger partial charge in [0.1, 0.15) is 18.1 Å². The van der Waals surface area contributed by atoms with Crippen LogP contribution < -0.4 is 10.1 Å². The van der Waals surface area contributed by atoms with Gasteiger partial charge in [-0.15, -0.1) is 0 Å². The SMILES string of the molecule is Cc1ncccc1OCc1occc1CNCC(C)C. The topological polar surface area (TPSA) is 47.3 Å². The molecule has 4 heteroatoms. The maximum atomic E-state index is 5.77. The Morgan fingerprint density at radius 3 is 2.95 bits per heavy atom. The number of rotatable bonds is 7. The molecule has 0 aromatic carbocycles. The van der Waals surface area contributed by atoms with Crippen molar-refractivity contribution in [3.05, 3.63) is 47.7 Å². The van der Waals surface area contributed by atoms with E-state index in [2.05, 4.69) is 24.1 Å². The zero-order valence-corrected chi connectivity index (χ0v) is 12.3. The molecule has 108 valence electrons. The summed E-state index contributed by atoms with van der Waals surface area (Å²) in [5, 5.41) is 3.41. The largest absolute Gasteiger partial charge is 0.484 e. The van der Waals surface area contributed by atoms with Crippen molar-refractivity contribution in [2.45, 2.75) is 33.9 Å². The van der Waals surface area contributed by atoms with Gasteiger partial charge < -0.3 is 14.5 Å². The fourth-order valence-corrected chi connectivity index (χ4v) is 1.91. The van der Waals surface area contributed by atoms with Crippen molar-refractivity contribution in [2.24, 2.45) is 5.92 Å². The minimum atomic E-state index is 0.429. The molecule has 2 heterocycles. The molecule has 2 aromatic rings. The molecule has 0 radical (unpaired) electrons. The van der Waals surface area contributed by atoms with E-state index in [-0.39, 0.29) is 0 Å². The van der Waals surface area contributed by atoms with Gasteiger partial charge in [-0.05, 0) is 37.6 Å². The monoisotopic (exact) mass is 274 g/mol. The molecule has 2 aromatic heterocycles. The molecule has 0 bridgehead atoms. The van der Waals surface area contributed by atoms with Gasteiger partial charge in [0, 0.05) is 18.3 Å². The van der Waals surface area contributed by atoms with E-state index in [0.29, 0.717) is 12.5 Å². The quantitative estimate of drug-likeness (QED) is 0.841. The summed E-state index contributed by atoms with van der Waals surface area (Å²) in [5.41, 5.74) is 2.03. The zero-order valence-electron chi connectivity index (χ0n) is 12.3. The van der Waals surface area contributed by atoms with Crippen LogP contribution in [0.1, 0.15) is 30.9 Å². The summed E-state index contributed by atoms with van der Waals surface area (Å²) in [7, 11) is 0. The van der Waals surface area contributed by atoms with Crippen molar-refractivity contribution in [1.29, 1.82) is 0 Å². The van der Waals surface area contributed by atoms with E-state index in [0.717, 1.165) is 35.9 Å². The highest BCUT2D eigenvalue weighted by molar-refractivity contribution is 5.26. The minimum absolute atomic E-state index is 0.429. The molecular formula is C16H22N2O2. The van der Waals surface area contributed by atoms with Crippen molar-refractivity contribution in [2.75, 3.05) is 6.54 Å². The Balaban J connectivity index is 1.90. The highest BCUT2D eigenvalue weighted by atomic mass is 16.5. The van der Waals surface area contributed by atoms with Crippen LogP contribution in [0, 0.1) is 12.8 Å². The average Bonchev–Trinajstić information content (AvgIpc) is 2.85. The lowest BCUT2D eigenvalue weighted by Gasteiger charge is -2.09. The number of nitrogens with zero attached hydrogens (tertiary/aromatic N) is 1. The third-order valence-electron chi connectivity index (χ3n) is 3.02. The summed E-state index contributed by atoms with van der Waals surface area (Å²) < 4.78 is 11.3. The lowest BCUT2D eigenvalue weighted by atomic mass is 10.2. The van der Waals surface area contributed by atoms with Gasteiger partial charge in [-0.2, -0.15) is 0 Å². The number of hydrogen-bond acceptors (Lipinski definition) is 4. The van der Waals surface area contributed by atoms with Crippen molar-refractivity contribution in [3.63, 3.8) is 0 Å². The van der Waals surface area contributed by atoms with E-state index < -0.39 is 0 Å². The Bertz CT molecular complexity index is 535. The van der Waals surface area contributed by atoms with Crippen LogP contribution in [-0.4, -0.2) is 11.5 Å². The molecule has 0 aliphatic carbocycles. The molecule has 0 aliphatic heterocycles. The highest BCUT2D eigenvalue weighted by Crippen LogP contribution is 2.18. The molecule has 0 atom stereocenters. The fraction of sp³-hybridized carbons (Fsp3) is 0.438. The van der Waals surface area contributed by atoms with E-state index >= 15 is 0 Å². The number of hydrogen-bond donors (Lipinski definition) is 1. The number of furan rings is 1. The molecule has 0 unspecified atom stereocenters. The van der Waals surface area contributed by atoms with Gasteiger partial charge in [-0.1, -0.05) is 13.8 Å². The van der Waals surface area contributed by atoms with Crippen LogP contribution in [0.2, 0.25) is 0 Å². The van der Waals surface area contributed by atoms with Crippen LogP contribution in [0.25, 0.3) is 0 Å². The summed E-state index contributed by atoms with van der Waals surface area (Å²) >= 11 is 0. The van der Waals surface area contributed by atoms with Crippen molar-refractivity contribution in [1.82, 2.24) is 10.3 Å². The van der Waals surface area contributed by atoms with Crippen LogP contribution in [0.5, 0.6) is 5.75 Å². The number of ether oxygens (including phenoxy) is 1. The summed E-state index contributed by atoms with van der Waals surface area (Å²) in [6, 6.07) is 5.78. The predicted octanol–water partition coefficient (Wildman–Crippen LogP) is 3.31. The second kappa shape index (κ2) is 7.10. The van der Waals surface area contributed by atoms with Crippen LogP contribution in [0.15, 0.2) is 35.1 Å². The third-order valence-corrected chi connectivity index (χ3v) is 3.02. The zero-order chi connectivity index (χ0) is 14.4. The Labute approximate surface area is 120 Å². The first-order valence-electron chi connectivity index (χ1n) is 6.97. The second-order valence-corrected chi connectivity index (χ2v) is 5.27. The summed E-state index contributed by atoms with van der Waals surface area (Å²) in [4.78, 5) is 4.20. The van der Waals surface area contributed by atoms with E-state index in [4.69, 9.17) is 9.15 Å².